The van der Waals surface area contributed by atoms with Crippen molar-refractivity contribution in [2.45, 2.75) is 50.9 Å². The smallest absolute Gasteiger partial charge is 0.240 e. The van der Waals surface area contributed by atoms with Crippen LogP contribution in [0.4, 0.5) is 5.69 Å². The van der Waals surface area contributed by atoms with Crippen molar-refractivity contribution in [1.82, 2.24) is 29.9 Å². The Kier molecular flexibility index (Phi) is 5.14. The van der Waals surface area contributed by atoms with E-state index in [1.54, 1.807) is 0 Å². The predicted octanol–water partition coefficient (Wildman–Crippen LogP) is 3.52. The first kappa shape index (κ1) is 22.2. The lowest BCUT2D eigenvalue weighted by Gasteiger charge is -2.35. The SMILES string of the molecule is Cc1ncc(CN2CC[C@@]34C(=O)N(Cc5cn(nn5)CCCOc5cccc(c5)[C@H]23)c2ccccc24)[nH]1. The molecule has 7 rings (SSSR count). The van der Waals surface area contributed by atoms with E-state index in [-0.39, 0.29) is 11.9 Å². The molecule has 0 aliphatic carbocycles. The fraction of sp³-hybridized carbons (Fsp3) is 0.357. The molecule has 2 aromatic heterocycles. The number of carbonyl (C=O) groups is 1. The van der Waals surface area contributed by atoms with Gasteiger partial charge in [-0.25, -0.2) is 4.98 Å². The lowest BCUT2D eigenvalue weighted by Crippen LogP contribution is -2.44. The second-order valence-electron chi connectivity index (χ2n) is 10.2. The number of para-hydroxylation sites is 1. The zero-order valence-corrected chi connectivity index (χ0v) is 20.8. The highest BCUT2D eigenvalue weighted by Gasteiger charge is 2.60. The summed E-state index contributed by atoms with van der Waals surface area (Å²) in [5.41, 5.74) is 4.27. The lowest BCUT2D eigenvalue weighted by molar-refractivity contribution is -0.124. The van der Waals surface area contributed by atoms with Gasteiger partial charge in [-0.3, -0.25) is 14.4 Å². The first-order valence-electron chi connectivity index (χ1n) is 12.9. The van der Waals surface area contributed by atoms with Crippen molar-refractivity contribution in [2.24, 2.45) is 0 Å². The number of hydrogen-bond donors (Lipinski definition) is 1. The number of nitrogens with zero attached hydrogens (tertiary/aromatic N) is 6. The van der Waals surface area contributed by atoms with Crippen LogP contribution in [0, 0.1) is 6.92 Å². The molecular weight excluding hydrogens is 466 g/mol. The van der Waals surface area contributed by atoms with Crippen molar-refractivity contribution >= 4 is 11.6 Å². The topological polar surface area (TPSA) is 92.2 Å². The zero-order chi connectivity index (χ0) is 25.0. The Morgan fingerprint density at radius 3 is 2.97 bits per heavy atom. The minimum atomic E-state index is -0.708. The fourth-order valence-electron chi connectivity index (χ4n) is 6.42. The van der Waals surface area contributed by atoms with Crippen LogP contribution >= 0.6 is 0 Å². The number of H-pyrrole nitrogens is 1. The Labute approximate surface area is 215 Å². The number of hydrogen-bond acceptors (Lipinski definition) is 6. The van der Waals surface area contributed by atoms with Gasteiger partial charge in [0.1, 0.15) is 17.3 Å². The normalized spacial score (nSPS) is 23.2. The molecule has 2 atom stereocenters. The fourth-order valence-corrected chi connectivity index (χ4v) is 6.42. The summed E-state index contributed by atoms with van der Waals surface area (Å²) in [5.74, 6) is 1.84. The number of ether oxygens (including phenoxy) is 1. The quantitative estimate of drug-likeness (QED) is 0.458. The number of benzene rings is 2. The molecule has 0 unspecified atom stereocenters. The number of rotatable bonds is 2. The number of likely N-dealkylation sites (tertiary alicyclic amines) is 1. The molecule has 1 saturated heterocycles. The summed E-state index contributed by atoms with van der Waals surface area (Å²) in [4.78, 5) is 26.7. The van der Waals surface area contributed by atoms with Crippen molar-refractivity contribution in [3.05, 3.63) is 89.3 Å². The molecule has 0 saturated carbocycles. The second kappa shape index (κ2) is 8.55. The minimum Gasteiger partial charge on any atom is -0.494 e. The average Bonchev–Trinajstić information content (AvgIpc) is 3.67. The molecule has 1 fully saturated rings. The van der Waals surface area contributed by atoms with Gasteiger partial charge in [0.2, 0.25) is 5.91 Å². The van der Waals surface area contributed by atoms with Crippen molar-refractivity contribution in [3.63, 3.8) is 0 Å². The third kappa shape index (κ3) is 3.56. The summed E-state index contributed by atoms with van der Waals surface area (Å²) in [6.45, 7) is 5.13. The highest BCUT2D eigenvalue weighted by atomic mass is 16.5. The molecule has 9 heteroatoms. The molecule has 3 aliphatic rings. The molecular formula is C28H29N7O2. The maximum Gasteiger partial charge on any atom is 0.240 e. The van der Waals surface area contributed by atoms with Crippen molar-refractivity contribution in [3.8, 4) is 5.75 Å². The highest BCUT2D eigenvalue weighted by Crippen LogP contribution is 2.57. The largest absolute Gasteiger partial charge is 0.494 e. The van der Waals surface area contributed by atoms with Gasteiger partial charge >= 0.3 is 0 Å². The number of fused-ring (bicyclic) bond motifs is 8. The molecule has 6 bridgehead atoms. The molecule has 9 nitrogen and oxygen atoms in total. The van der Waals surface area contributed by atoms with Gasteiger partial charge in [-0.15, -0.1) is 5.10 Å². The molecule has 188 valence electrons. The van der Waals surface area contributed by atoms with Crippen LogP contribution in [0.1, 0.15) is 47.2 Å². The first-order valence-corrected chi connectivity index (χ1v) is 12.9. The zero-order valence-electron chi connectivity index (χ0n) is 20.8. The average molecular weight is 496 g/mol. The van der Waals surface area contributed by atoms with Crippen LogP contribution < -0.4 is 9.64 Å². The van der Waals surface area contributed by atoms with E-state index >= 15 is 0 Å². The van der Waals surface area contributed by atoms with E-state index in [1.165, 1.54) is 0 Å². The van der Waals surface area contributed by atoms with Crippen LogP contribution in [-0.4, -0.2) is 48.9 Å². The molecule has 3 aliphatic heterocycles. The molecule has 2 aromatic carbocycles. The number of aromatic amines is 1. The number of amides is 1. The van der Waals surface area contributed by atoms with Gasteiger partial charge in [-0.2, -0.15) is 0 Å². The number of aromatic nitrogens is 5. The number of carbonyl (C=O) groups excluding carboxylic acids is 1. The van der Waals surface area contributed by atoms with Crippen LogP contribution in [0.25, 0.3) is 0 Å². The third-order valence-corrected chi connectivity index (χ3v) is 7.94. The van der Waals surface area contributed by atoms with Gasteiger partial charge in [0.25, 0.3) is 0 Å². The number of anilines is 1. The number of nitrogens with one attached hydrogen (secondary N) is 1. The lowest BCUT2D eigenvalue weighted by atomic mass is 9.72. The van der Waals surface area contributed by atoms with Gasteiger partial charge in [-0.1, -0.05) is 35.5 Å². The highest BCUT2D eigenvalue weighted by molar-refractivity contribution is 6.09. The van der Waals surface area contributed by atoms with Crippen LogP contribution in [0.2, 0.25) is 0 Å². The minimum absolute atomic E-state index is 0.123. The Bertz CT molecular complexity index is 1480. The maximum absolute atomic E-state index is 14.6. The summed E-state index contributed by atoms with van der Waals surface area (Å²) in [5, 5.41) is 8.68. The third-order valence-electron chi connectivity index (χ3n) is 7.94. The summed E-state index contributed by atoms with van der Waals surface area (Å²) in [6.07, 6.45) is 5.39. The van der Waals surface area contributed by atoms with Gasteiger partial charge in [-0.05, 0) is 42.7 Å². The molecule has 4 aromatic rings. The van der Waals surface area contributed by atoms with E-state index in [9.17, 15) is 4.79 Å². The Hall–Kier alpha value is -3.98. The van der Waals surface area contributed by atoms with Crippen LogP contribution in [-0.2, 0) is 29.8 Å². The maximum atomic E-state index is 14.6. The molecule has 37 heavy (non-hydrogen) atoms. The summed E-state index contributed by atoms with van der Waals surface area (Å²) in [6, 6.07) is 16.4. The van der Waals surface area contributed by atoms with E-state index in [0.29, 0.717) is 26.2 Å². The first-order chi connectivity index (χ1) is 18.1. The molecule has 1 spiro atoms. The Balaban J connectivity index is 1.40. The van der Waals surface area contributed by atoms with E-state index < -0.39 is 5.41 Å². The van der Waals surface area contributed by atoms with Gasteiger partial charge in [0.15, 0.2) is 0 Å². The van der Waals surface area contributed by atoms with Crippen LogP contribution in [0.3, 0.4) is 0 Å². The molecule has 0 radical (unpaired) electrons. The van der Waals surface area contributed by atoms with E-state index in [2.05, 4.69) is 49.4 Å². The van der Waals surface area contributed by atoms with Crippen molar-refractivity contribution in [1.29, 1.82) is 0 Å². The van der Waals surface area contributed by atoms with Crippen LogP contribution in [0.5, 0.6) is 5.75 Å². The monoisotopic (exact) mass is 495 g/mol. The van der Waals surface area contributed by atoms with Crippen molar-refractivity contribution < 1.29 is 9.53 Å². The summed E-state index contributed by atoms with van der Waals surface area (Å²) < 4.78 is 7.99. The van der Waals surface area contributed by atoms with Crippen molar-refractivity contribution in [2.75, 3.05) is 18.1 Å². The van der Waals surface area contributed by atoms with Crippen LogP contribution in [0.15, 0.2) is 60.9 Å². The Morgan fingerprint density at radius 2 is 2.08 bits per heavy atom. The summed E-state index contributed by atoms with van der Waals surface area (Å²) >= 11 is 0. The van der Waals surface area contributed by atoms with Gasteiger partial charge in [0.05, 0.1) is 30.8 Å². The molecule has 5 heterocycles. The van der Waals surface area contributed by atoms with E-state index in [4.69, 9.17) is 4.74 Å². The second-order valence-corrected chi connectivity index (χ2v) is 10.2. The number of aryl methyl sites for hydroxylation is 2. The van der Waals surface area contributed by atoms with E-state index in [1.807, 2.05) is 53.2 Å². The predicted molar refractivity (Wildman–Crippen MR) is 137 cm³/mol. The Morgan fingerprint density at radius 1 is 1.16 bits per heavy atom. The number of imidazole rings is 1. The van der Waals surface area contributed by atoms with Gasteiger partial charge < -0.3 is 14.6 Å². The van der Waals surface area contributed by atoms with E-state index in [0.717, 1.165) is 59.2 Å². The molecule has 1 N–H and O–H groups in total. The standard InChI is InChI=1S/C28H29N7O2/c1-19-29-15-21(30-19)16-33-12-10-28-24-8-2-3-9-25(24)35(27(28)36)18-22-17-34(32-31-22)11-5-13-37-23-7-4-6-20(14-23)26(28)33/h2-4,6-9,14-15,17,26H,5,10-13,16,18H2,1H3,(H,29,30)/t26-,28-/m0/s1. The summed E-state index contributed by atoms with van der Waals surface area (Å²) in [7, 11) is 0. The van der Waals surface area contributed by atoms with Gasteiger partial charge in [0, 0.05) is 43.6 Å². The molecule has 1 amide bonds.